The van der Waals surface area contributed by atoms with Crippen LogP contribution in [-0.4, -0.2) is 41.3 Å². The predicted molar refractivity (Wildman–Crippen MR) is 102 cm³/mol. The third-order valence-electron chi connectivity index (χ3n) is 4.34. The lowest BCUT2D eigenvalue weighted by Gasteiger charge is -2.18. The number of fused-ring (bicyclic) bond motifs is 1. The zero-order valence-electron chi connectivity index (χ0n) is 15.4. The van der Waals surface area contributed by atoms with Gasteiger partial charge in [0, 0.05) is 26.2 Å². The molecule has 0 saturated heterocycles. The summed E-state index contributed by atoms with van der Waals surface area (Å²) in [4.78, 5) is 16.7. The zero-order valence-corrected chi connectivity index (χ0v) is 16.2. The van der Waals surface area contributed by atoms with Crippen molar-refractivity contribution < 1.29 is 17.9 Å². The van der Waals surface area contributed by atoms with Gasteiger partial charge in [0.15, 0.2) is 0 Å². The Labute approximate surface area is 158 Å². The van der Waals surface area contributed by atoms with E-state index in [2.05, 4.69) is 4.98 Å². The third kappa shape index (κ3) is 3.72. The van der Waals surface area contributed by atoms with E-state index < -0.39 is 16.0 Å². The van der Waals surface area contributed by atoms with Gasteiger partial charge in [0.1, 0.15) is 5.75 Å². The number of hydrogen-bond donors (Lipinski definition) is 0. The number of sulfonamides is 1. The molecular formula is C19H21N3O4S. The van der Waals surface area contributed by atoms with E-state index in [1.165, 1.54) is 28.6 Å². The van der Waals surface area contributed by atoms with Gasteiger partial charge in [-0.25, -0.2) is 18.2 Å². The fraction of sp³-hybridized carbons (Fsp3) is 0.263. The van der Waals surface area contributed by atoms with Gasteiger partial charge in [-0.1, -0.05) is 13.8 Å². The second kappa shape index (κ2) is 7.50. The highest BCUT2D eigenvalue weighted by Gasteiger charge is 2.22. The van der Waals surface area contributed by atoms with Crippen LogP contribution in [0.1, 0.15) is 24.2 Å². The minimum atomic E-state index is -3.55. The molecule has 3 aromatic rings. The third-order valence-corrected chi connectivity index (χ3v) is 6.40. The maximum atomic E-state index is 12.5. The molecule has 0 amide bonds. The van der Waals surface area contributed by atoms with Crippen molar-refractivity contribution in [2.45, 2.75) is 18.7 Å². The van der Waals surface area contributed by atoms with Gasteiger partial charge in [-0.3, -0.25) is 0 Å². The minimum Gasteiger partial charge on any atom is -0.423 e. The smallest absolute Gasteiger partial charge is 0.343 e. The molecule has 142 valence electrons. The standard InChI is InChI=1S/C19H21N3O4S/c1-4-22(5-2)27(24,25)16-9-6-14(7-10-16)19(23)26-15-8-11-18-17(12-15)20-13-21(18)3/h6-13H,4-5H2,1-3H3. The second-order valence-electron chi connectivity index (χ2n) is 6.01. The first-order chi connectivity index (χ1) is 12.9. The number of benzene rings is 2. The molecule has 0 N–H and O–H groups in total. The van der Waals surface area contributed by atoms with E-state index in [0.29, 0.717) is 18.8 Å². The maximum absolute atomic E-state index is 12.5. The van der Waals surface area contributed by atoms with Gasteiger partial charge in [0.2, 0.25) is 10.0 Å². The molecule has 0 spiro atoms. The maximum Gasteiger partial charge on any atom is 0.343 e. The molecule has 1 aromatic heterocycles. The Morgan fingerprint density at radius 2 is 1.78 bits per heavy atom. The van der Waals surface area contributed by atoms with E-state index in [4.69, 9.17) is 4.74 Å². The van der Waals surface area contributed by atoms with Crippen molar-refractivity contribution in [3.05, 3.63) is 54.4 Å². The number of imidazole rings is 1. The van der Waals surface area contributed by atoms with Gasteiger partial charge < -0.3 is 9.30 Å². The molecule has 1 heterocycles. The number of hydrogen-bond acceptors (Lipinski definition) is 5. The van der Waals surface area contributed by atoms with Gasteiger partial charge in [-0.05, 0) is 36.4 Å². The Kier molecular flexibility index (Phi) is 5.29. The molecule has 0 atom stereocenters. The summed E-state index contributed by atoms with van der Waals surface area (Å²) in [5.74, 6) is -0.178. The summed E-state index contributed by atoms with van der Waals surface area (Å²) in [5, 5.41) is 0. The average molecular weight is 387 g/mol. The van der Waals surface area contributed by atoms with Crippen LogP contribution >= 0.6 is 0 Å². The molecule has 0 radical (unpaired) electrons. The highest BCUT2D eigenvalue weighted by Crippen LogP contribution is 2.21. The van der Waals surface area contributed by atoms with Gasteiger partial charge in [0.05, 0.1) is 27.8 Å². The SMILES string of the molecule is CCN(CC)S(=O)(=O)c1ccc(C(=O)Oc2ccc3c(c2)ncn3C)cc1. The molecular weight excluding hydrogens is 366 g/mol. The quantitative estimate of drug-likeness (QED) is 0.480. The molecule has 0 unspecified atom stereocenters. The van der Waals surface area contributed by atoms with Crippen LogP contribution in [0.4, 0.5) is 0 Å². The summed E-state index contributed by atoms with van der Waals surface area (Å²) >= 11 is 0. The average Bonchev–Trinajstić information content (AvgIpc) is 3.03. The number of nitrogens with zero attached hydrogens (tertiary/aromatic N) is 3. The molecule has 8 heteroatoms. The lowest BCUT2D eigenvalue weighted by Crippen LogP contribution is -2.30. The molecule has 0 saturated carbocycles. The van der Waals surface area contributed by atoms with Crippen LogP contribution in [0.15, 0.2) is 53.7 Å². The van der Waals surface area contributed by atoms with Crippen molar-refractivity contribution >= 4 is 27.0 Å². The van der Waals surface area contributed by atoms with Crippen LogP contribution in [0.5, 0.6) is 5.75 Å². The first-order valence-corrected chi connectivity index (χ1v) is 10.0. The van der Waals surface area contributed by atoms with Crippen LogP contribution in [0.2, 0.25) is 0 Å². The fourth-order valence-corrected chi connectivity index (χ4v) is 4.28. The van der Waals surface area contributed by atoms with Crippen molar-refractivity contribution in [2.75, 3.05) is 13.1 Å². The Balaban J connectivity index is 1.79. The molecule has 0 fully saturated rings. The van der Waals surface area contributed by atoms with Crippen molar-refractivity contribution in [2.24, 2.45) is 7.05 Å². The van der Waals surface area contributed by atoms with Crippen LogP contribution in [0.25, 0.3) is 11.0 Å². The number of carbonyl (C=O) groups is 1. The normalized spacial score (nSPS) is 11.9. The Morgan fingerprint density at radius 3 is 2.41 bits per heavy atom. The predicted octanol–water partition coefficient (Wildman–Crippen LogP) is 2.82. The summed E-state index contributed by atoms with van der Waals surface area (Å²) in [7, 11) is -1.67. The molecule has 0 bridgehead atoms. The van der Waals surface area contributed by atoms with Gasteiger partial charge in [0.25, 0.3) is 0 Å². The zero-order chi connectivity index (χ0) is 19.6. The topological polar surface area (TPSA) is 81.5 Å². The van der Waals surface area contributed by atoms with E-state index in [1.54, 1.807) is 32.3 Å². The molecule has 7 nitrogen and oxygen atoms in total. The first kappa shape index (κ1) is 19.1. The molecule has 2 aromatic carbocycles. The lowest BCUT2D eigenvalue weighted by atomic mass is 10.2. The number of aromatic nitrogens is 2. The van der Waals surface area contributed by atoms with Crippen LogP contribution in [0.3, 0.4) is 0 Å². The number of carbonyl (C=O) groups excluding carboxylic acids is 1. The number of rotatable bonds is 6. The van der Waals surface area contributed by atoms with Crippen molar-refractivity contribution in [3.63, 3.8) is 0 Å². The number of aryl methyl sites for hydroxylation is 1. The largest absolute Gasteiger partial charge is 0.423 e. The summed E-state index contributed by atoms with van der Waals surface area (Å²) in [6.45, 7) is 4.34. The second-order valence-corrected chi connectivity index (χ2v) is 7.95. The summed E-state index contributed by atoms with van der Waals surface area (Å²) in [6.07, 6.45) is 1.69. The van der Waals surface area contributed by atoms with Crippen LogP contribution in [-0.2, 0) is 17.1 Å². The van der Waals surface area contributed by atoms with Gasteiger partial charge in [-0.2, -0.15) is 4.31 Å². The number of ether oxygens (including phenoxy) is 1. The molecule has 27 heavy (non-hydrogen) atoms. The summed E-state index contributed by atoms with van der Waals surface area (Å²) in [5.41, 5.74) is 1.93. The fourth-order valence-electron chi connectivity index (χ4n) is 2.82. The first-order valence-electron chi connectivity index (χ1n) is 8.60. The Hall–Kier alpha value is -2.71. The summed E-state index contributed by atoms with van der Waals surface area (Å²) in [6, 6.07) is 11.0. The summed E-state index contributed by atoms with van der Waals surface area (Å²) < 4.78 is 33.6. The van der Waals surface area contributed by atoms with Crippen LogP contribution < -0.4 is 4.74 Å². The van der Waals surface area contributed by atoms with Gasteiger partial charge in [-0.15, -0.1) is 0 Å². The van der Waals surface area contributed by atoms with Crippen molar-refractivity contribution in [1.29, 1.82) is 0 Å². The van der Waals surface area contributed by atoms with E-state index in [0.717, 1.165) is 11.0 Å². The lowest BCUT2D eigenvalue weighted by molar-refractivity contribution is 0.0735. The van der Waals surface area contributed by atoms with E-state index in [9.17, 15) is 13.2 Å². The van der Waals surface area contributed by atoms with Crippen molar-refractivity contribution in [3.8, 4) is 5.75 Å². The van der Waals surface area contributed by atoms with Gasteiger partial charge >= 0.3 is 5.97 Å². The highest BCUT2D eigenvalue weighted by molar-refractivity contribution is 7.89. The monoisotopic (exact) mass is 387 g/mol. The van der Waals surface area contributed by atoms with E-state index in [-0.39, 0.29) is 10.5 Å². The van der Waals surface area contributed by atoms with Crippen LogP contribution in [0, 0.1) is 0 Å². The molecule has 0 aliphatic carbocycles. The Morgan fingerprint density at radius 1 is 1.11 bits per heavy atom. The minimum absolute atomic E-state index is 0.151. The molecule has 0 aliphatic rings. The highest BCUT2D eigenvalue weighted by atomic mass is 32.2. The van der Waals surface area contributed by atoms with E-state index >= 15 is 0 Å². The van der Waals surface area contributed by atoms with Crippen molar-refractivity contribution in [1.82, 2.24) is 13.9 Å². The molecule has 3 rings (SSSR count). The molecule has 0 aliphatic heterocycles. The van der Waals surface area contributed by atoms with E-state index in [1.807, 2.05) is 17.7 Å². The number of esters is 1. The Bertz CT molecular complexity index is 1070.